The molecule has 1 aliphatic heterocycles. The average Bonchev–Trinajstić information content (AvgIpc) is 2.65. The van der Waals surface area contributed by atoms with Gasteiger partial charge in [-0.15, -0.1) is 0 Å². The molecule has 17 heavy (non-hydrogen) atoms. The van der Waals surface area contributed by atoms with Gasteiger partial charge in [-0.25, -0.2) is 0 Å². The zero-order valence-electron chi connectivity index (χ0n) is 10.7. The van der Waals surface area contributed by atoms with Gasteiger partial charge in [0.05, 0.1) is 16.9 Å². The van der Waals surface area contributed by atoms with E-state index < -0.39 is 0 Å². The molecule has 1 fully saturated rings. The van der Waals surface area contributed by atoms with E-state index in [1.165, 1.54) is 18.5 Å². The lowest BCUT2D eigenvalue weighted by Gasteiger charge is -2.28. The van der Waals surface area contributed by atoms with E-state index in [1.807, 2.05) is 0 Å². The van der Waals surface area contributed by atoms with Crippen molar-refractivity contribution in [2.45, 2.75) is 52.1 Å². The normalized spacial score (nSPS) is 25.1. The molecule has 0 spiro atoms. The maximum Gasteiger partial charge on any atom is 0.0818 e. The van der Waals surface area contributed by atoms with Crippen LogP contribution < -0.4 is 5.32 Å². The third kappa shape index (κ3) is 3.23. The minimum absolute atomic E-state index is 0.566. The van der Waals surface area contributed by atoms with E-state index in [-0.39, 0.29) is 0 Å². The van der Waals surface area contributed by atoms with Gasteiger partial charge in [-0.3, -0.25) is 4.68 Å². The van der Waals surface area contributed by atoms with Crippen molar-refractivity contribution in [3.8, 4) is 0 Å². The van der Waals surface area contributed by atoms with Crippen LogP contribution in [0.15, 0.2) is 6.20 Å². The van der Waals surface area contributed by atoms with Crippen molar-refractivity contribution in [3.05, 3.63) is 16.9 Å². The smallest absolute Gasteiger partial charge is 0.0818 e. The van der Waals surface area contributed by atoms with Crippen molar-refractivity contribution < 1.29 is 0 Å². The van der Waals surface area contributed by atoms with E-state index in [0.29, 0.717) is 6.04 Å². The fraction of sp³-hybridized carbons (Fsp3) is 0.769. The van der Waals surface area contributed by atoms with Gasteiger partial charge < -0.3 is 5.32 Å². The molecule has 2 heterocycles. The lowest BCUT2D eigenvalue weighted by Crippen LogP contribution is -2.39. The van der Waals surface area contributed by atoms with E-state index in [1.54, 1.807) is 6.20 Å². The van der Waals surface area contributed by atoms with E-state index in [4.69, 9.17) is 11.6 Å². The summed E-state index contributed by atoms with van der Waals surface area (Å²) in [7, 11) is 0. The lowest BCUT2D eigenvalue weighted by atomic mass is 9.94. The van der Waals surface area contributed by atoms with Crippen molar-refractivity contribution in [2.75, 3.05) is 6.54 Å². The Bertz CT molecular complexity index is 354. The van der Waals surface area contributed by atoms with Crippen molar-refractivity contribution in [2.24, 2.45) is 5.92 Å². The standard InChI is InChI=1S/C13H22ClN3/c1-3-6-17-13(12(14)9-16-17)7-11-5-4-10(2)8-15-11/h9-11,15H,3-8H2,1-2H3. The fourth-order valence-electron chi connectivity index (χ4n) is 2.46. The third-order valence-electron chi connectivity index (χ3n) is 3.54. The Morgan fingerprint density at radius 2 is 2.35 bits per heavy atom. The van der Waals surface area contributed by atoms with Crippen molar-refractivity contribution >= 4 is 11.6 Å². The van der Waals surface area contributed by atoms with Gasteiger partial charge in [-0.05, 0) is 31.7 Å². The van der Waals surface area contributed by atoms with Crippen LogP contribution in [0, 0.1) is 5.92 Å². The summed E-state index contributed by atoms with van der Waals surface area (Å²) in [6.45, 7) is 6.56. The molecule has 1 aliphatic rings. The van der Waals surface area contributed by atoms with E-state index in [9.17, 15) is 0 Å². The van der Waals surface area contributed by atoms with Crippen LogP contribution in [-0.4, -0.2) is 22.4 Å². The molecule has 1 N–H and O–H groups in total. The number of hydrogen-bond acceptors (Lipinski definition) is 2. The Balaban J connectivity index is 2.00. The molecule has 1 aromatic rings. The number of aromatic nitrogens is 2. The number of nitrogens with one attached hydrogen (secondary N) is 1. The Morgan fingerprint density at radius 1 is 1.53 bits per heavy atom. The van der Waals surface area contributed by atoms with Crippen LogP contribution in [0.4, 0.5) is 0 Å². The fourth-order valence-corrected chi connectivity index (χ4v) is 2.68. The van der Waals surface area contributed by atoms with Crippen LogP contribution in [0.1, 0.15) is 38.8 Å². The van der Waals surface area contributed by atoms with Crippen LogP contribution in [-0.2, 0) is 13.0 Å². The average molecular weight is 256 g/mol. The molecule has 0 radical (unpaired) electrons. The molecule has 96 valence electrons. The van der Waals surface area contributed by atoms with Crippen LogP contribution >= 0.6 is 11.6 Å². The van der Waals surface area contributed by atoms with Crippen LogP contribution in [0.5, 0.6) is 0 Å². The quantitative estimate of drug-likeness (QED) is 0.897. The Labute approximate surface area is 109 Å². The summed E-state index contributed by atoms with van der Waals surface area (Å²) in [5.74, 6) is 0.808. The van der Waals surface area contributed by atoms with Gasteiger partial charge in [0.2, 0.25) is 0 Å². The molecule has 3 nitrogen and oxygen atoms in total. The highest BCUT2D eigenvalue weighted by molar-refractivity contribution is 6.31. The van der Waals surface area contributed by atoms with E-state index >= 15 is 0 Å². The highest BCUT2D eigenvalue weighted by Crippen LogP contribution is 2.21. The van der Waals surface area contributed by atoms with E-state index in [2.05, 4.69) is 28.9 Å². The molecule has 2 unspecified atom stereocenters. The van der Waals surface area contributed by atoms with Crippen LogP contribution in [0.2, 0.25) is 5.02 Å². The van der Waals surface area contributed by atoms with Crippen molar-refractivity contribution in [1.29, 1.82) is 0 Å². The number of aryl methyl sites for hydroxylation is 1. The molecule has 0 saturated carbocycles. The predicted octanol–water partition coefficient (Wildman–Crippen LogP) is 2.88. The molecule has 4 heteroatoms. The van der Waals surface area contributed by atoms with Gasteiger partial charge in [0.15, 0.2) is 0 Å². The summed E-state index contributed by atoms with van der Waals surface area (Å²) in [5, 5.41) is 8.77. The van der Waals surface area contributed by atoms with Crippen LogP contribution in [0.3, 0.4) is 0 Å². The maximum atomic E-state index is 6.22. The summed E-state index contributed by atoms with van der Waals surface area (Å²) < 4.78 is 2.06. The minimum Gasteiger partial charge on any atom is -0.313 e. The van der Waals surface area contributed by atoms with Gasteiger partial charge in [-0.1, -0.05) is 25.4 Å². The maximum absolute atomic E-state index is 6.22. The second-order valence-electron chi connectivity index (χ2n) is 5.15. The molecule has 0 aliphatic carbocycles. The first-order chi connectivity index (χ1) is 8.20. The molecule has 1 saturated heterocycles. The summed E-state index contributed by atoms with van der Waals surface area (Å²) >= 11 is 6.22. The number of piperidine rings is 1. The molecule has 2 atom stereocenters. The summed E-state index contributed by atoms with van der Waals surface area (Å²) in [6.07, 6.45) is 6.44. The second-order valence-corrected chi connectivity index (χ2v) is 5.56. The van der Waals surface area contributed by atoms with Gasteiger partial charge in [0.1, 0.15) is 0 Å². The number of nitrogens with zero attached hydrogens (tertiary/aromatic N) is 2. The second kappa shape index (κ2) is 5.87. The highest BCUT2D eigenvalue weighted by atomic mass is 35.5. The zero-order valence-corrected chi connectivity index (χ0v) is 11.5. The Hall–Kier alpha value is -0.540. The molecule has 2 rings (SSSR count). The van der Waals surface area contributed by atoms with Crippen LogP contribution in [0.25, 0.3) is 0 Å². The third-order valence-corrected chi connectivity index (χ3v) is 3.85. The Kier molecular flexibility index (Phi) is 4.46. The monoisotopic (exact) mass is 255 g/mol. The van der Waals surface area contributed by atoms with Gasteiger partial charge in [-0.2, -0.15) is 5.10 Å². The lowest BCUT2D eigenvalue weighted by molar-refractivity contribution is 0.321. The minimum atomic E-state index is 0.566. The summed E-state index contributed by atoms with van der Waals surface area (Å²) in [6, 6.07) is 0.566. The van der Waals surface area contributed by atoms with Crippen molar-refractivity contribution in [3.63, 3.8) is 0 Å². The number of halogens is 1. The SMILES string of the molecule is CCCn1ncc(Cl)c1CC1CCC(C)CN1. The molecule has 0 bridgehead atoms. The molecular formula is C13H22ClN3. The molecular weight excluding hydrogens is 234 g/mol. The largest absolute Gasteiger partial charge is 0.313 e. The molecule has 1 aromatic heterocycles. The van der Waals surface area contributed by atoms with E-state index in [0.717, 1.165) is 36.9 Å². The zero-order chi connectivity index (χ0) is 12.3. The first-order valence-corrected chi connectivity index (χ1v) is 7.02. The predicted molar refractivity (Wildman–Crippen MR) is 71.4 cm³/mol. The number of hydrogen-bond donors (Lipinski definition) is 1. The summed E-state index contributed by atoms with van der Waals surface area (Å²) in [5.41, 5.74) is 1.19. The first-order valence-electron chi connectivity index (χ1n) is 6.64. The number of rotatable bonds is 4. The first kappa shape index (κ1) is 12.9. The topological polar surface area (TPSA) is 29.9 Å². The van der Waals surface area contributed by atoms with Gasteiger partial charge in [0.25, 0.3) is 0 Å². The highest BCUT2D eigenvalue weighted by Gasteiger charge is 2.20. The Morgan fingerprint density at radius 3 is 3.00 bits per heavy atom. The molecule has 0 amide bonds. The molecule has 0 aromatic carbocycles. The van der Waals surface area contributed by atoms with Gasteiger partial charge in [0, 0.05) is 19.0 Å². The summed E-state index contributed by atoms with van der Waals surface area (Å²) in [4.78, 5) is 0. The van der Waals surface area contributed by atoms with Gasteiger partial charge >= 0.3 is 0 Å². The van der Waals surface area contributed by atoms with Crippen molar-refractivity contribution in [1.82, 2.24) is 15.1 Å².